The summed E-state index contributed by atoms with van der Waals surface area (Å²) in [5, 5.41) is 0. The van der Waals surface area contributed by atoms with Gasteiger partial charge in [0.25, 0.3) is 5.41 Å². The molecule has 0 radical (unpaired) electrons. The first-order valence-electron chi connectivity index (χ1n) is 5.79. The molecule has 0 amide bonds. The fourth-order valence-corrected chi connectivity index (χ4v) is 1.23. The third-order valence-electron chi connectivity index (χ3n) is 2.77. The van der Waals surface area contributed by atoms with Crippen molar-refractivity contribution >= 4 is 5.97 Å². The minimum absolute atomic E-state index is 0.207. The predicted molar refractivity (Wildman–Crippen MR) is 55.3 cm³/mol. The smallest absolute Gasteiger partial charge is 0.413 e. The standard InChI is InChI=1S/C11H16F6O2/c1-3-4-5-6-7-19-8(18)9(2,10(12,13)14)11(15,16)17/h3-7H2,1-2H3. The Balaban J connectivity index is 4.69. The number of halogens is 6. The van der Waals surface area contributed by atoms with Crippen LogP contribution in [-0.4, -0.2) is 24.9 Å². The first-order valence-corrected chi connectivity index (χ1v) is 5.79. The molecule has 0 spiro atoms. The van der Waals surface area contributed by atoms with Gasteiger partial charge in [-0.05, 0) is 13.3 Å². The van der Waals surface area contributed by atoms with Crippen molar-refractivity contribution in [2.45, 2.75) is 51.9 Å². The van der Waals surface area contributed by atoms with Crippen molar-refractivity contribution in [3.63, 3.8) is 0 Å². The van der Waals surface area contributed by atoms with E-state index in [1.165, 1.54) is 0 Å². The number of carbonyl (C=O) groups excluding carboxylic acids is 1. The summed E-state index contributed by atoms with van der Waals surface area (Å²) in [6.45, 7) is 1.23. The molecule has 0 fully saturated rings. The van der Waals surface area contributed by atoms with Crippen LogP contribution in [0.25, 0.3) is 0 Å². The van der Waals surface area contributed by atoms with Crippen LogP contribution < -0.4 is 0 Å². The van der Waals surface area contributed by atoms with Crippen LogP contribution in [-0.2, 0) is 9.53 Å². The summed E-state index contributed by atoms with van der Waals surface area (Å²) in [5.41, 5.74) is -4.48. The quantitative estimate of drug-likeness (QED) is 0.416. The average molecular weight is 294 g/mol. The predicted octanol–water partition coefficient (Wildman–Crippen LogP) is 4.24. The molecular weight excluding hydrogens is 278 g/mol. The number of ether oxygens (including phenoxy) is 1. The number of alkyl halides is 6. The molecular formula is C11H16F6O2. The van der Waals surface area contributed by atoms with E-state index < -0.39 is 30.3 Å². The molecule has 19 heavy (non-hydrogen) atoms. The molecule has 0 aliphatic rings. The number of hydrogen-bond donors (Lipinski definition) is 0. The zero-order valence-electron chi connectivity index (χ0n) is 10.6. The molecule has 0 aliphatic carbocycles. The van der Waals surface area contributed by atoms with Gasteiger partial charge >= 0.3 is 18.3 Å². The SMILES string of the molecule is CCCCCCOC(=O)C(C)(C(F)(F)F)C(F)(F)F. The molecule has 0 aliphatic heterocycles. The van der Waals surface area contributed by atoms with Crippen molar-refractivity contribution in [3.05, 3.63) is 0 Å². The molecule has 0 aromatic heterocycles. The lowest BCUT2D eigenvalue weighted by molar-refractivity contribution is -0.326. The maximum absolute atomic E-state index is 12.5. The van der Waals surface area contributed by atoms with Crippen LogP contribution in [0.15, 0.2) is 0 Å². The van der Waals surface area contributed by atoms with Gasteiger partial charge in [0.2, 0.25) is 0 Å². The zero-order valence-corrected chi connectivity index (χ0v) is 10.6. The fourth-order valence-electron chi connectivity index (χ4n) is 1.23. The number of rotatable bonds is 6. The van der Waals surface area contributed by atoms with E-state index in [1.54, 1.807) is 0 Å². The summed E-state index contributed by atoms with van der Waals surface area (Å²) in [4.78, 5) is 11.1. The molecule has 2 nitrogen and oxygen atoms in total. The molecule has 0 saturated carbocycles. The van der Waals surface area contributed by atoms with Crippen molar-refractivity contribution < 1.29 is 35.9 Å². The van der Waals surface area contributed by atoms with E-state index in [9.17, 15) is 31.1 Å². The topological polar surface area (TPSA) is 26.3 Å². The van der Waals surface area contributed by atoms with Crippen molar-refractivity contribution in [2.24, 2.45) is 5.41 Å². The van der Waals surface area contributed by atoms with Gasteiger partial charge in [-0.15, -0.1) is 0 Å². The summed E-state index contributed by atoms with van der Waals surface area (Å²) in [6.07, 6.45) is -9.05. The van der Waals surface area contributed by atoms with E-state index in [0.717, 1.165) is 12.8 Å². The van der Waals surface area contributed by atoms with Gasteiger partial charge < -0.3 is 4.74 Å². The van der Waals surface area contributed by atoms with Crippen LogP contribution in [0, 0.1) is 5.41 Å². The first-order chi connectivity index (χ1) is 8.48. The molecule has 0 saturated heterocycles. The summed E-state index contributed by atoms with van der Waals surface area (Å²) in [7, 11) is 0. The van der Waals surface area contributed by atoms with Crippen LogP contribution in [0.2, 0.25) is 0 Å². The molecule has 0 N–H and O–H groups in total. The molecule has 0 heterocycles. The Hall–Kier alpha value is -0.950. The normalized spacial score (nSPS) is 13.5. The molecule has 8 heteroatoms. The van der Waals surface area contributed by atoms with Crippen LogP contribution in [0.4, 0.5) is 26.3 Å². The second-order valence-corrected chi connectivity index (χ2v) is 4.32. The minimum Gasteiger partial charge on any atom is -0.465 e. The average Bonchev–Trinajstić information content (AvgIpc) is 2.24. The van der Waals surface area contributed by atoms with Gasteiger partial charge in [0.15, 0.2) is 0 Å². The molecule has 0 rings (SSSR count). The van der Waals surface area contributed by atoms with Crippen molar-refractivity contribution in [2.75, 3.05) is 6.61 Å². The third kappa shape index (κ3) is 4.28. The Labute approximate surface area is 107 Å². The van der Waals surface area contributed by atoms with Gasteiger partial charge in [-0.25, -0.2) is 0 Å². The number of carbonyl (C=O) groups is 1. The fraction of sp³-hybridized carbons (Fsp3) is 0.909. The van der Waals surface area contributed by atoms with Crippen LogP contribution >= 0.6 is 0 Å². The molecule has 114 valence electrons. The first kappa shape index (κ1) is 18.0. The maximum atomic E-state index is 12.5. The number of hydrogen-bond acceptors (Lipinski definition) is 2. The van der Waals surface area contributed by atoms with Crippen molar-refractivity contribution in [1.29, 1.82) is 0 Å². The number of esters is 1. The van der Waals surface area contributed by atoms with Gasteiger partial charge in [0.1, 0.15) is 0 Å². The van der Waals surface area contributed by atoms with Crippen LogP contribution in [0.5, 0.6) is 0 Å². The second kappa shape index (κ2) is 6.47. The molecule has 0 unspecified atom stereocenters. The van der Waals surface area contributed by atoms with E-state index in [4.69, 9.17) is 0 Å². The highest BCUT2D eigenvalue weighted by Gasteiger charge is 2.73. The zero-order chi connectivity index (χ0) is 15.3. The lowest BCUT2D eigenvalue weighted by Gasteiger charge is -2.31. The Morgan fingerprint density at radius 3 is 1.79 bits per heavy atom. The van der Waals surface area contributed by atoms with E-state index >= 15 is 0 Å². The van der Waals surface area contributed by atoms with E-state index in [1.807, 2.05) is 6.92 Å². The highest BCUT2D eigenvalue weighted by Crippen LogP contribution is 2.50. The highest BCUT2D eigenvalue weighted by atomic mass is 19.4. The Morgan fingerprint density at radius 2 is 1.42 bits per heavy atom. The minimum atomic E-state index is -5.74. The highest BCUT2D eigenvalue weighted by molar-refractivity contribution is 5.78. The molecule has 0 atom stereocenters. The monoisotopic (exact) mass is 294 g/mol. The van der Waals surface area contributed by atoms with E-state index in [2.05, 4.69) is 4.74 Å². The number of unbranched alkanes of at least 4 members (excludes halogenated alkanes) is 3. The Bertz CT molecular complexity index is 281. The molecule has 0 aromatic rings. The van der Waals surface area contributed by atoms with Gasteiger partial charge in [0.05, 0.1) is 6.61 Å². The Kier molecular flexibility index (Phi) is 6.15. The maximum Gasteiger partial charge on any atom is 0.413 e. The van der Waals surface area contributed by atoms with Crippen molar-refractivity contribution in [3.8, 4) is 0 Å². The van der Waals surface area contributed by atoms with E-state index in [0.29, 0.717) is 6.42 Å². The van der Waals surface area contributed by atoms with Gasteiger partial charge in [-0.2, -0.15) is 26.3 Å². The molecule has 0 aromatic carbocycles. The van der Waals surface area contributed by atoms with Crippen molar-refractivity contribution in [1.82, 2.24) is 0 Å². The summed E-state index contributed by atoms with van der Waals surface area (Å²) >= 11 is 0. The Morgan fingerprint density at radius 1 is 0.947 bits per heavy atom. The van der Waals surface area contributed by atoms with Crippen LogP contribution in [0.3, 0.4) is 0 Å². The lowest BCUT2D eigenvalue weighted by Crippen LogP contribution is -2.54. The lowest BCUT2D eigenvalue weighted by atomic mass is 9.89. The summed E-state index contributed by atoms with van der Waals surface area (Å²) in [6, 6.07) is 0. The summed E-state index contributed by atoms with van der Waals surface area (Å²) < 4.78 is 78.9. The van der Waals surface area contributed by atoms with Crippen LogP contribution in [0.1, 0.15) is 39.5 Å². The molecule has 0 bridgehead atoms. The largest absolute Gasteiger partial charge is 0.465 e. The van der Waals surface area contributed by atoms with Gasteiger partial charge in [0, 0.05) is 0 Å². The third-order valence-corrected chi connectivity index (χ3v) is 2.77. The second-order valence-electron chi connectivity index (χ2n) is 4.32. The summed E-state index contributed by atoms with van der Waals surface area (Å²) in [5.74, 6) is -2.30. The van der Waals surface area contributed by atoms with Gasteiger partial charge in [-0.1, -0.05) is 26.2 Å². The van der Waals surface area contributed by atoms with Gasteiger partial charge in [-0.3, -0.25) is 4.79 Å². The van der Waals surface area contributed by atoms with E-state index in [-0.39, 0.29) is 13.3 Å².